The second-order valence-corrected chi connectivity index (χ2v) is 6.11. The number of esters is 1. The lowest BCUT2D eigenvalue weighted by Gasteiger charge is -2.32. The summed E-state index contributed by atoms with van der Waals surface area (Å²) in [6, 6.07) is 3.51. The van der Waals surface area contributed by atoms with E-state index < -0.39 is 24.3 Å². The number of carbonyl (C=O) groups excluding carboxylic acids is 1. The lowest BCUT2D eigenvalue weighted by molar-refractivity contribution is -0.145. The Morgan fingerprint density at radius 3 is 2.50 bits per heavy atom. The molecule has 1 fully saturated rings. The van der Waals surface area contributed by atoms with E-state index in [1.807, 2.05) is 27.7 Å². The number of nitrogens with zero attached hydrogens (tertiary/aromatic N) is 1. The maximum Gasteiger partial charge on any atom is 0.495 e. The molecule has 0 saturated carbocycles. The first-order valence-electron chi connectivity index (χ1n) is 7.35. The van der Waals surface area contributed by atoms with Gasteiger partial charge in [0.15, 0.2) is 6.61 Å². The molecule has 1 aromatic heterocycles. The predicted molar refractivity (Wildman–Crippen MR) is 82.1 cm³/mol. The summed E-state index contributed by atoms with van der Waals surface area (Å²) >= 11 is 0. The molecule has 2 rings (SSSR count). The van der Waals surface area contributed by atoms with Crippen molar-refractivity contribution in [2.75, 3.05) is 13.2 Å². The number of ether oxygens (including phenoxy) is 2. The largest absolute Gasteiger partial charge is 0.495 e. The van der Waals surface area contributed by atoms with Crippen LogP contribution in [-0.2, 0) is 18.8 Å². The van der Waals surface area contributed by atoms with Crippen LogP contribution in [-0.4, -0.2) is 42.5 Å². The number of pyridine rings is 1. The Labute approximate surface area is 131 Å². The molecule has 0 aliphatic carbocycles. The van der Waals surface area contributed by atoms with Gasteiger partial charge < -0.3 is 18.8 Å². The molecule has 0 aromatic carbocycles. The van der Waals surface area contributed by atoms with E-state index in [1.54, 1.807) is 25.3 Å². The molecule has 1 aromatic rings. The topological polar surface area (TPSA) is 66.9 Å². The Balaban J connectivity index is 2.05. The Morgan fingerprint density at radius 1 is 1.27 bits per heavy atom. The van der Waals surface area contributed by atoms with Crippen LogP contribution in [0.2, 0.25) is 0 Å². The van der Waals surface area contributed by atoms with Crippen molar-refractivity contribution in [2.45, 2.75) is 45.8 Å². The van der Waals surface area contributed by atoms with Crippen LogP contribution >= 0.6 is 0 Å². The molecule has 0 spiro atoms. The highest BCUT2D eigenvalue weighted by Crippen LogP contribution is 2.36. The van der Waals surface area contributed by atoms with Gasteiger partial charge in [-0.25, -0.2) is 9.78 Å². The van der Waals surface area contributed by atoms with E-state index in [0.29, 0.717) is 12.5 Å². The van der Waals surface area contributed by atoms with Gasteiger partial charge in [-0.2, -0.15) is 0 Å². The van der Waals surface area contributed by atoms with Gasteiger partial charge >= 0.3 is 13.1 Å². The Morgan fingerprint density at radius 2 is 1.91 bits per heavy atom. The fourth-order valence-electron chi connectivity index (χ4n) is 1.96. The van der Waals surface area contributed by atoms with Gasteiger partial charge in [-0.3, -0.25) is 0 Å². The summed E-state index contributed by atoms with van der Waals surface area (Å²) in [5.74, 6) is -0.0920. The fourth-order valence-corrected chi connectivity index (χ4v) is 1.96. The summed E-state index contributed by atoms with van der Waals surface area (Å²) in [5, 5.41) is 0. The lowest BCUT2D eigenvalue weighted by atomic mass is 9.80. The van der Waals surface area contributed by atoms with Crippen molar-refractivity contribution in [3.05, 3.63) is 18.3 Å². The van der Waals surface area contributed by atoms with Gasteiger partial charge in [0.1, 0.15) is 0 Å². The maximum absolute atomic E-state index is 11.3. The van der Waals surface area contributed by atoms with Crippen LogP contribution in [0.3, 0.4) is 0 Å². The van der Waals surface area contributed by atoms with Gasteiger partial charge in [0, 0.05) is 12.3 Å². The molecule has 1 aliphatic heterocycles. The van der Waals surface area contributed by atoms with Crippen LogP contribution in [0, 0.1) is 0 Å². The summed E-state index contributed by atoms with van der Waals surface area (Å²) in [5.41, 5.74) is -0.0210. The molecular formula is C15H22BNO5. The molecular weight excluding hydrogens is 285 g/mol. The molecule has 0 radical (unpaired) electrons. The third-order valence-electron chi connectivity index (χ3n) is 3.93. The van der Waals surface area contributed by atoms with Crippen molar-refractivity contribution in [3.8, 4) is 5.88 Å². The van der Waals surface area contributed by atoms with Crippen LogP contribution in [0.5, 0.6) is 5.88 Å². The number of carbonyl (C=O) groups is 1. The van der Waals surface area contributed by atoms with E-state index in [4.69, 9.17) is 18.8 Å². The van der Waals surface area contributed by atoms with Crippen molar-refractivity contribution in [1.82, 2.24) is 4.98 Å². The zero-order valence-electron chi connectivity index (χ0n) is 13.7. The van der Waals surface area contributed by atoms with Gasteiger partial charge in [0.25, 0.3) is 0 Å². The zero-order valence-corrected chi connectivity index (χ0v) is 13.7. The fraction of sp³-hybridized carbons (Fsp3) is 0.600. The number of hydrogen-bond acceptors (Lipinski definition) is 6. The molecule has 0 N–H and O–H groups in total. The normalized spacial score (nSPS) is 19.0. The van der Waals surface area contributed by atoms with Crippen molar-refractivity contribution in [2.24, 2.45) is 0 Å². The van der Waals surface area contributed by atoms with Crippen LogP contribution < -0.4 is 10.2 Å². The van der Waals surface area contributed by atoms with E-state index in [2.05, 4.69) is 4.98 Å². The van der Waals surface area contributed by atoms with Gasteiger partial charge in [-0.1, -0.05) is 0 Å². The minimum atomic E-state index is -0.488. The third kappa shape index (κ3) is 3.59. The van der Waals surface area contributed by atoms with Gasteiger partial charge in [-0.15, -0.1) is 0 Å². The number of hydrogen-bond donors (Lipinski definition) is 0. The zero-order chi connectivity index (χ0) is 16.4. The number of aromatic nitrogens is 1. The van der Waals surface area contributed by atoms with E-state index in [9.17, 15) is 4.79 Å². The van der Waals surface area contributed by atoms with E-state index in [0.717, 1.165) is 5.46 Å². The van der Waals surface area contributed by atoms with E-state index in [1.165, 1.54) is 0 Å². The quantitative estimate of drug-likeness (QED) is 0.604. The molecule has 2 heterocycles. The van der Waals surface area contributed by atoms with Gasteiger partial charge in [0.2, 0.25) is 5.88 Å². The standard InChI is InChI=1S/C15H22BNO5/c1-6-19-13(18)10-20-12-9-11(7-8-17-12)16-21-14(2,3)15(4,5)22-16/h7-9H,6,10H2,1-5H3. The van der Waals surface area contributed by atoms with E-state index in [-0.39, 0.29) is 6.61 Å². The maximum atomic E-state index is 11.3. The molecule has 22 heavy (non-hydrogen) atoms. The second-order valence-electron chi connectivity index (χ2n) is 6.11. The van der Waals surface area contributed by atoms with Crippen molar-refractivity contribution < 1.29 is 23.6 Å². The van der Waals surface area contributed by atoms with E-state index >= 15 is 0 Å². The summed E-state index contributed by atoms with van der Waals surface area (Å²) in [7, 11) is -0.488. The Hall–Kier alpha value is -1.60. The summed E-state index contributed by atoms with van der Waals surface area (Å²) in [4.78, 5) is 15.4. The average Bonchev–Trinajstić information content (AvgIpc) is 2.66. The average molecular weight is 307 g/mol. The minimum Gasteiger partial charge on any atom is -0.466 e. The molecule has 0 unspecified atom stereocenters. The molecule has 7 heteroatoms. The smallest absolute Gasteiger partial charge is 0.466 e. The van der Waals surface area contributed by atoms with Crippen molar-refractivity contribution >= 4 is 18.6 Å². The van der Waals surface area contributed by atoms with Crippen molar-refractivity contribution in [1.29, 1.82) is 0 Å². The van der Waals surface area contributed by atoms with Gasteiger partial charge in [0.05, 0.1) is 17.8 Å². The summed E-state index contributed by atoms with van der Waals surface area (Å²) < 4.78 is 22.1. The third-order valence-corrected chi connectivity index (χ3v) is 3.93. The summed E-state index contributed by atoms with van der Waals surface area (Å²) in [6.45, 7) is 9.86. The molecule has 6 nitrogen and oxygen atoms in total. The molecule has 1 saturated heterocycles. The lowest BCUT2D eigenvalue weighted by Crippen LogP contribution is -2.41. The molecule has 120 valence electrons. The highest BCUT2D eigenvalue weighted by molar-refractivity contribution is 6.62. The first-order valence-corrected chi connectivity index (χ1v) is 7.35. The number of rotatable bonds is 5. The summed E-state index contributed by atoms with van der Waals surface area (Å²) in [6.07, 6.45) is 1.60. The first kappa shape index (κ1) is 16.8. The predicted octanol–water partition coefficient (Wildman–Crippen LogP) is 1.32. The monoisotopic (exact) mass is 307 g/mol. The van der Waals surface area contributed by atoms with Crippen LogP contribution in [0.15, 0.2) is 18.3 Å². The SMILES string of the molecule is CCOC(=O)COc1cc(B2OC(C)(C)C(C)(C)O2)ccn1. The molecule has 0 amide bonds. The van der Waals surface area contributed by atoms with Gasteiger partial charge in [-0.05, 0) is 46.1 Å². The Bertz CT molecular complexity index is 530. The molecule has 0 bridgehead atoms. The minimum absolute atomic E-state index is 0.173. The molecule has 0 atom stereocenters. The highest BCUT2D eigenvalue weighted by Gasteiger charge is 2.51. The van der Waals surface area contributed by atoms with Crippen LogP contribution in [0.1, 0.15) is 34.6 Å². The van der Waals surface area contributed by atoms with Crippen LogP contribution in [0.25, 0.3) is 0 Å². The second kappa shape index (κ2) is 6.26. The Kier molecular flexibility index (Phi) is 4.77. The van der Waals surface area contributed by atoms with Crippen LogP contribution in [0.4, 0.5) is 0 Å². The highest BCUT2D eigenvalue weighted by atomic mass is 16.7. The van der Waals surface area contributed by atoms with Crippen molar-refractivity contribution in [3.63, 3.8) is 0 Å². The molecule has 1 aliphatic rings. The first-order chi connectivity index (χ1) is 10.2.